The minimum absolute atomic E-state index is 0.143. The molecule has 0 unspecified atom stereocenters. The summed E-state index contributed by atoms with van der Waals surface area (Å²) in [5.74, 6) is 1.01. The molecule has 2 aromatic carbocycles. The molecule has 0 saturated heterocycles. The van der Waals surface area contributed by atoms with Crippen molar-refractivity contribution in [3.63, 3.8) is 0 Å². The van der Waals surface area contributed by atoms with E-state index in [2.05, 4.69) is 9.97 Å². The average molecular weight is 304 g/mol. The van der Waals surface area contributed by atoms with Crippen LogP contribution in [0.15, 0.2) is 63.9 Å². The molecule has 0 aliphatic heterocycles. The van der Waals surface area contributed by atoms with Crippen LogP contribution in [0, 0.1) is 0 Å². The molecule has 0 aliphatic rings. The van der Waals surface area contributed by atoms with E-state index in [1.807, 2.05) is 24.3 Å². The lowest BCUT2D eigenvalue weighted by Gasteiger charge is -2.05. The van der Waals surface area contributed by atoms with Gasteiger partial charge in [-0.05, 0) is 30.3 Å². The van der Waals surface area contributed by atoms with Gasteiger partial charge in [0.15, 0.2) is 11.2 Å². The molecule has 0 bridgehead atoms. The van der Waals surface area contributed by atoms with Gasteiger partial charge in [0.05, 0.1) is 29.7 Å². The fourth-order valence-electron chi connectivity index (χ4n) is 2.46. The highest BCUT2D eigenvalue weighted by Crippen LogP contribution is 2.24. The van der Waals surface area contributed by atoms with E-state index in [1.165, 1.54) is 6.07 Å². The number of methoxy groups -OCH3 is 1. The van der Waals surface area contributed by atoms with Crippen molar-refractivity contribution >= 4 is 22.0 Å². The molecule has 5 heteroatoms. The number of nitrogens with zero attached hydrogens (tertiary/aromatic N) is 2. The van der Waals surface area contributed by atoms with Crippen molar-refractivity contribution in [2.45, 2.75) is 0 Å². The third-order valence-corrected chi connectivity index (χ3v) is 3.64. The summed E-state index contributed by atoms with van der Waals surface area (Å²) in [6, 6.07) is 14.1. The Morgan fingerprint density at radius 2 is 1.87 bits per heavy atom. The number of rotatable bonds is 2. The van der Waals surface area contributed by atoms with Gasteiger partial charge in [-0.2, -0.15) is 0 Å². The summed E-state index contributed by atoms with van der Waals surface area (Å²) in [5.41, 5.74) is 2.42. The SMILES string of the molecule is COc1ccc2oc(-c3cnc4ccccc4n3)cc(=O)c2c1. The van der Waals surface area contributed by atoms with E-state index in [0.717, 1.165) is 11.0 Å². The largest absolute Gasteiger partial charge is 0.497 e. The van der Waals surface area contributed by atoms with Gasteiger partial charge in [0.1, 0.15) is 17.0 Å². The first-order valence-corrected chi connectivity index (χ1v) is 7.09. The van der Waals surface area contributed by atoms with Crippen LogP contribution in [0.4, 0.5) is 0 Å². The molecule has 0 amide bonds. The zero-order valence-corrected chi connectivity index (χ0v) is 12.3. The summed E-state index contributed by atoms with van der Waals surface area (Å²) in [7, 11) is 1.56. The molecule has 112 valence electrons. The quantitative estimate of drug-likeness (QED) is 0.568. The number of aromatic nitrogens is 2. The van der Waals surface area contributed by atoms with E-state index in [4.69, 9.17) is 9.15 Å². The number of fused-ring (bicyclic) bond motifs is 2. The molecule has 4 rings (SSSR count). The Labute approximate surface area is 131 Å². The van der Waals surface area contributed by atoms with E-state index < -0.39 is 0 Å². The predicted octanol–water partition coefficient (Wildman–Crippen LogP) is 3.41. The maximum absolute atomic E-state index is 12.3. The Hall–Kier alpha value is -3.21. The van der Waals surface area contributed by atoms with Crippen molar-refractivity contribution in [1.29, 1.82) is 0 Å². The number of hydrogen-bond acceptors (Lipinski definition) is 5. The summed E-state index contributed by atoms with van der Waals surface area (Å²) < 4.78 is 11.0. The minimum atomic E-state index is -0.143. The van der Waals surface area contributed by atoms with Gasteiger partial charge >= 0.3 is 0 Å². The second-order valence-corrected chi connectivity index (χ2v) is 5.08. The van der Waals surface area contributed by atoms with Gasteiger partial charge in [-0.3, -0.25) is 9.78 Å². The highest BCUT2D eigenvalue weighted by molar-refractivity contribution is 5.81. The molecule has 0 aliphatic carbocycles. The summed E-state index contributed by atoms with van der Waals surface area (Å²) >= 11 is 0. The number of hydrogen-bond donors (Lipinski definition) is 0. The lowest BCUT2D eigenvalue weighted by Crippen LogP contribution is -2.01. The Kier molecular flexibility index (Phi) is 3.05. The second-order valence-electron chi connectivity index (χ2n) is 5.08. The Balaban J connectivity index is 1.92. The maximum Gasteiger partial charge on any atom is 0.193 e. The van der Waals surface area contributed by atoms with Crippen molar-refractivity contribution in [2.24, 2.45) is 0 Å². The van der Waals surface area contributed by atoms with Crippen LogP contribution in [0.3, 0.4) is 0 Å². The molecule has 0 saturated carbocycles. The van der Waals surface area contributed by atoms with E-state index in [0.29, 0.717) is 28.2 Å². The number of para-hydroxylation sites is 2. The van der Waals surface area contributed by atoms with Crippen molar-refractivity contribution < 1.29 is 9.15 Å². The van der Waals surface area contributed by atoms with Gasteiger partial charge in [0, 0.05) is 6.07 Å². The first-order chi connectivity index (χ1) is 11.2. The summed E-state index contributed by atoms with van der Waals surface area (Å²) in [6.07, 6.45) is 1.61. The zero-order valence-electron chi connectivity index (χ0n) is 12.3. The first kappa shape index (κ1) is 13.5. The summed E-state index contributed by atoms with van der Waals surface area (Å²) in [6.45, 7) is 0. The zero-order chi connectivity index (χ0) is 15.8. The molecule has 2 heterocycles. The summed E-state index contributed by atoms with van der Waals surface area (Å²) in [4.78, 5) is 21.2. The highest BCUT2D eigenvalue weighted by atomic mass is 16.5. The van der Waals surface area contributed by atoms with Gasteiger partial charge < -0.3 is 9.15 Å². The van der Waals surface area contributed by atoms with Crippen LogP contribution in [0.5, 0.6) is 5.75 Å². The Morgan fingerprint density at radius 1 is 1.04 bits per heavy atom. The minimum Gasteiger partial charge on any atom is -0.497 e. The van der Waals surface area contributed by atoms with Crippen LogP contribution in [-0.2, 0) is 0 Å². The molecule has 23 heavy (non-hydrogen) atoms. The third kappa shape index (κ3) is 2.32. The maximum atomic E-state index is 12.3. The van der Waals surface area contributed by atoms with Crippen LogP contribution in [-0.4, -0.2) is 17.1 Å². The molecule has 4 aromatic rings. The van der Waals surface area contributed by atoms with Gasteiger partial charge in [-0.25, -0.2) is 4.98 Å². The van der Waals surface area contributed by atoms with E-state index in [9.17, 15) is 4.79 Å². The van der Waals surface area contributed by atoms with Crippen LogP contribution in [0.2, 0.25) is 0 Å². The second kappa shape index (κ2) is 5.21. The molecule has 0 N–H and O–H groups in total. The number of ether oxygens (including phenoxy) is 1. The average Bonchev–Trinajstić information content (AvgIpc) is 2.61. The smallest absolute Gasteiger partial charge is 0.193 e. The van der Waals surface area contributed by atoms with Crippen LogP contribution < -0.4 is 10.2 Å². The molecule has 0 fully saturated rings. The van der Waals surface area contributed by atoms with Crippen LogP contribution in [0.25, 0.3) is 33.5 Å². The Bertz CT molecular complexity index is 1090. The van der Waals surface area contributed by atoms with E-state index >= 15 is 0 Å². The van der Waals surface area contributed by atoms with Gasteiger partial charge in [0.2, 0.25) is 0 Å². The molecule has 0 spiro atoms. The fourth-order valence-corrected chi connectivity index (χ4v) is 2.46. The van der Waals surface area contributed by atoms with Crippen molar-refractivity contribution in [2.75, 3.05) is 7.11 Å². The monoisotopic (exact) mass is 304 g/mol. The van der Waals surface area contributed by atoms with E-state index in [-0.39, 0.29) is 5.43 Å². The Morgan fingerprint density at radius 3 is 2.70 bits per heavy atom. The number of benzene rings is 2. The van der Waals surface area contributed by atoms with Gasteiger partial charge in [-0.15, -0.1) is 0 Å². The predicted molar refractivity (Wildman–Crippen MR) is 87.6 cm³/mol. The van der Waals surface area contributed by atoms with Crippen LogP contribution in [0.1, 0.15) is 0 Å². The first-order valence-electron chi connectivity index (χ1n) is 7.09. The lowest BCUT2D eigenvalue weighted by atomic mass is 10.2. The molecule has 2 aromatic heterocycles. The molecule has 0 radical (unpaired) electrons. The van der Waals surface area contributed by atoms with E-state index in [1.54, 1.807) is 31.5 Å². The van der Waals surface area contributed by atoms with Crippen LogP contribution >= 0.6 is 0 Å². The normalized spacial score (nSPS) is 11.0. The standard InChI is InChI=1S/C18H12N2O3/c1-22-11-6-7-17-12(8-11)16(21)9-18(23-17)15-10-19-13-4-2-3-5-14(13)20-15/h2-10H,1H3. The topological polar surface area (TPSA) is 65.2 Å². The highest BCUT2D eigenvalue weighted by Gasteiger charge is 2.10. The summed E-state index contributed by atoms with van der Waals surface area (Å²) in [5, 5.41) is 0.474. The van der Waals surface area contributed by atoms with Gasteiger partial charge in [0.25, 0.3) is 0 Å². The van der Waals surface area contributed by atoms with Gasteiger partial charge in [-0.1, -0.05) is 12.1 Å². The lowest BCUT2D eigenvalue weighted by molar-refractivity contribution is 0.415. The fraction of sp³-hybridized carbons (Fsp3) is 0.0556. The van der Waals surface area contributed by atoms with Crippen molar-refractivity contribution in [3.05, 3.63) is 65.0 Å². The van der Waals surface area contributed by atoms with Crippen molar-refractivity contribution in [1.82, 2.24) is 9.97 Å². The van der Waals surface area contributed by atoms with Crippen molar-refractivity contribution in [3.8, 4) is 17.2 Å². The molecule has 5 nitrogen and oxygen atoms in total. The third-order valence-electron chi connectivity index (χ3n) is 3.64. The molecular formula is C18H12N2O3. The molecular weight excluding hydrogens is 292 g/mol. The molecule has 0 atom stereocenters.